The molecule has 1 saturated carbocycles. The summed E-state index contributed by atoms with van der Waals surface area (Å²) in [5.74, 6) is 0. The number of aliphatic hydroxyl groups excluding tert-OH is 1. The molecule has 2 aromatic carbocycles. The summed E-state index contributed by atoms with van der Waals surface area (Å²) < 4.78 is 2.19. The third-order valence-electron chi connectivity index (χ3n) is 5.57. The predicted octanol–water partition coefficient (Wildman–Crippen LogP) is 4.36. The van der Waals surface area contributed by atoms with Crippen LogP contribution in [0.2, 0.25) is 10.0 Å². The van der Waals surface area contributed by atoms with E-state index in [0.717, 1.165) is 28.4 Å². The zero-order valence-corrected chi connectivity index (χ0v) is 16.3. The Kier molecular flexibility index (Phi) is 5.42. The van der Waals surface area contributed by atoms with Gasteiger partial charge in [0.05, 0.1) is 12.6 Å². The van der Waals surface area contributed by atoms with Crippen LogP contribution in [0.15, 0.2) is 36.4 Å². The van der Waals surface area contributed by atoms with Crippen LogP contribution in [0.4, 0.5) is 0 Å². The van der Waals surface area contributed by atoms with E-state index in [1.807, 2.05) is 36.4 Å². The third kappa shape index (κ3) is 3.72. The standard InChI is InChI=1S/C21H24Cl2N2O/c22-14-6-8-20-18(10-14)19-11-15(23)7-9-21(19)25(20)13-17(26)12-24-16-4-2-1-3-5-16/h6-11,16-17,24,26H,1-5,12-13H2/p+1. The first-order chi connectivity index (χ1) is 12.6. The Bertz CT molecular complexity index is 856. The largest absolute Gasteiger partial charge is 0.385 e. The summed E-state index contributed by atoms with van der Waals surface area (Å²) in [6.45, 7) is 1.32. The minimum atomic E-state index is -0.387. The lowest BCUT2D eigenvalue weighted by atomic mass is 9.95. The van der Waals surface area contributed by atoms with Crippen LogP contribution in [-0.4, -0.2) is 28.4 Å². The summed E-state index contributed by atoms with van der Waals surface area (Å²) in [6.07, 6.45) is 6.18. The van der Waals surface area contributed by atoms with E-state index in [1.165, 1.54) is 32.1 Å². The van der Waals surface area contributed by atoms with E-state index < -0.39 is 0 Å². The molecule has 0 spiro atoms. The van der Waals surface area contributed by atoms with E-state index in [1.54, 1.807) is 0 Å². The summed E-state index contributed by atoms with van der Waals surface area (Å²) in [4.78, 5) is 0. The molecule has 1 fully saturated rings. The highest BCUT2D eigenvalue weighted by molar-refractivity contribution is 6.33. The molecule has 1 aliphatic carbocycles. The van der Waals surface area contributed by atoms with Gasteiger partial charge in [0.1, 0.15) is 12.6 Å². The lowest BCUT2D eigenvalue weighted by Crippen LogP contribution is -2.92. The molecule has 4 rings (SSSR count). The molecule has 1 aromatic heterocycles. The maximum Gasteiger partial charge on any atom is 0.121 e. The molecular formula is C21H25Cl2N2O+. The Balaban J connectivity index is 1.60. The number of halogens is 2. The van der Waals surface area contributed by atoms with Gasteiger partial charge < -0.3 is 15.0 Å². The van der Waals surface area contributed by atoms with Gasteiger partial charge in [0.25, 0.3) is 0 Å². The number of rotatable bonds is 5. The fourth-order valence-electron chi connectivity index (χ4n) is 4.25. The second kappa shape index (κ2) is 7.77. The van der Waals surface area contributed by atoms with Crippen molar-refractivity contribution in [3.05, 3.63) is 46.4 Å². The Morgan fingerprint density at radius 2 is 1.54 bits per heavy atom. The smallest absolute Gasteiger partial charge is 0.121 e. The van der Waals surface area contributed by atoms with Crippen molar-refractivity contribution >= 4 is 45.0 Å². The topological polar surface area (TPSA) is 41.8 Å². The van der Waals surface area contributed by atoms with Crippen molar-refractivity contribution in [2.75, 3.05) is 6.54 Å². The number of aliphatic hydroxyl groups is 1. The van der Waals surface area contributed by atoms with Crippen LogP contribution in [0.1, 0.15) is 32.1 Å². The molecular weight excluding hydrogens is 367 g/mol. The summed E-state index contributed by atoms with van der Waals surface area (Å²) in [5.41, 5.74) is 2.17. The van der Waals surface area contributed by atoms with Crippen molar-refractivity contribution in [3.8, 4) is 0 Å². The Labute approximate surface area is 163 Å². The first kappa shape index (κ1) is 18.1. The van der Waals surface area contributed by atoms with Crippen LogP contribution >= 0.6 is 23.2 Å². The van der Waals surface area contributed by atoms with Crippen LogP contribution in [0.3, 0.4) is 0 Å². The maximum atomic E-state index is 10.7. The number of benzene rings is 2. The highest BCUT2D eigenvalue weighted by Gasteiger charge is 2.19. The van der Waals surface area contributed by atoms with Crippen LogP contribution in [0.25, 0.3) is 21.8 Å². The number of fused-ring (bicyclic) bond motifs is 3. The van der Waals surface area contributed by atoms with E-state index in [9.17, 15) is 5.11 Å². The second-order valence-corrected chi connectivity index (χ2v) is 8.33. The molecule has 3 nitrogen and oxygen atoms in total. The molecule has 1 atom stereocenters. The Morgan fingerprint density at radius 3 is 2.12 bits per heavy atom. The average molecular weight is 392 g/mol. The average Bonchev–Trinajstić information content (AvgIpc) is 2.93. The molecule has 1 heterocycles. The molecule has 0 aliphatic heterocycles. The monoisotopic (exact) mass is 391 g/mol. The van der Waals surface area contributed by atoms with Gasteiger partial charge in [-0.15, -0.1) is 0 Å². The molecule has 0 amide bonds. The molecule has 0 saturated heterocycles. The molecule has 3 aromatic rings. The number of hydrogen-bond donors (Lipinski definition) is 2. The van der Waals surface area contributed by atoms with Crippen LogP contribution < -0.4 is 5.32 Å². The van der Waals surface area contributed by atoms with E-state index in [4.69, 9.17) is 23.2 Å². The Hall–Kier alpha value is -1.26. The summed E-state index contributed by atoms with van der Waals surface area (Å²) in [5, 5.41) is 16.6. The molecule has 0 bridgehead atoms. The first-order valence-electron chi connectivity index (χ1n) is 9.50. The number of nitrogens with zero attached hydrogens (tertiary/aromatic N) is 1. The molecule has 5 heteroatoms. The summed E-state index contributed by atoms with van der Waals surface area (Å²) in [7, 11) is 0. The normalized spacial score (nSPS) is 17.2. The van der Waals surface area contributed by atoms with Crippen LogP contribution in [-0.2, 0) is 6.54 Å². The maximum absolute atomic E-state index is 10.7. The minimum absolute atomic E-state index is 0.387. The fraction of sp³-hybridized carbons (Fsp3) is 0.429. The van der Waals surface area contributed by atoms with Gasteiger partial charge in [-0.1, -0.05) is 29.6 Å². The molecule has 1 aliphatic rings. The van der Waals surface area contributed by atoms with Gasteiger partial charge >= 0.3 is 0 Å². The van der Waals surface area contributed by atoms with E-state index in [-0.39, 0.29) is 6.10 Å². The van der Waals surface area contributed by atoms with Crippen molar-refractivity contribution in [2.45, 2.75) is 50.8 Å². The molecule has 0 radical (unpaired) electrons. The highest BCUT2D eigenvalue weighted by Crippen LogP contribution is 2.33. The van der Waals surface area contributed by atoms with Gasteiger partial charge in [0, 0.05) is 31.9 Å². The summed E-state index contributed by atoms with van der Waals surface area (Å²) >= 11 is 12.4. The zero-order valence-electron chi connectivity index (χ0n) is 14.8. The third-order valence-corrected chi connectivity index (χ3v) is 6.04. The molecule has 26 heavy (non-hydrogen) atoms. The number of quaternary nitrogens is 1. The van der Waals surface area contributed by atoms with Gasteiger partial charge in [0.15, 0.2) is 0 Å². The molecule has 3 N–H and O–H groups in total. The predicted molar refractivity (Wildman–Crippen MR) is 109 cm³/mol. The van der Waals surface area contributed by atoms with Crippen LogP contribution in [0.5, 0.6) is 0 Å². The van der Waals surface area contributed by atoms with E-state index in [0.29, 0.717) is 22.6 Å². The van der Waals surface area contributed by atoms with E-state index >= 15 is 0 Å². The first-order valence-corrected chi connectivity index (χ1v) is 10.3. The van der Waals surface area contributed by atoms with Gasteiger partial charge in [-0.3, -0.25) is 0 Å². The van der Waals surface area contributed by atoms with Crippen molar-refractivity contribution < 1.29 is 10.4 Å². The molecule has 138 valence electrons. The van der Waals surface area contributed by atoms with Gasteiger partial charge in [0.2, 0.25) is 0 Å². The SMILES string of the molecule is OC(C[NH2+]C1CCCCC1)Cn1c2ccc(Cl)cc2c2cc(Cl)ccc21. The van der Waals surface area contributed by atoms with Crippen LogP contribution in [0, 0.1) is 0 Å². The van der Waals surface area contributed by atoms with Crippen molar-refractivity contribution in [1.82, 2.24) is 4.57 Å². The van der Waals surface area contributed by atoms with E-state index in [2.05, 4.69) is 9.88 Å². The van der Waals surface area contributed by atoms with Gasteiger partial charge in [-0.05, 0) is 62.1 Å². The van der Waals surface area contributed by atoms with Crippen molar-refractivity contribution in [3.63, 3.8) is 0 Å². The quantitative estimate of drug-likeness (QED) is 0.666. The lowest BCUT2D eigenvalue weighted by molar-refractivity contribution is -0.697. The zero-order chi connectivity index (χ0) is 18.1. The number of nitrogens with two attached hydrogens (primary N) is 1. The second-order valence-electron chi connectivity index (χ2n) is 7.46. The van der Waals surface area contributed by atoms with Gasteiger partial charge in [-0.2, -0.15) is 0 Å². The lowest BCUT2D eigenvalue weighted by Gasteiger charge is -2.21. The highest BCUT2D eigenvalue weighted by atomic mass is 35.5. The summed E-state index contributed by atoms with van der Waals surface area (Å²) in [6, 6.07) is 12.5. The van der Waals surface area contributed by atoms with Gasteiger partial charge in [-0.25, -0.2) is 0 Å². The van der Waals surface area contributed by atoms with Crippen molar-refractivity contribution in [1.29, 1.82) is 0 Å². The van der Waals surface area contributed by atoms with Crippen molar-refractivity contribution in [2.24, 2.45) is 0 Å². The number of hydrogen-bond acceptors (Lipinski definition) is 1. The number of aromatic nitrogens is 1. The molecule has 1 unspecified atom stereocenters. The minimum Gasteiger partial charge on any atom is -0.385 e. The fourth-order valence-corrected chi connectivity index (χ4v) is 4.59. The Morgan fingerprint density at radius 1 is 0.962 bits per heavy atom.